The van der Waals surface area contributed by atoms with Crippen molar-refractivity contribution in [3.05, 3.63) is 77.9 Å². The molecule has 0 radical (unpaired) electrons. The summed E-state index contributed by atoms with van der Waals surface area (Å²) >= 11 is 0. The number of carbonyl (C=O) groups excluding carboxylic acids is 2. The van der Waals surface area contributed by atoms with Crippen LogP contribution in [0.1, 0.15) is 11.1 Å². The van der Waals surface area contributed by atoms with Gasteiger partial charge in [0.25, 0.3) is 0 Å². The highest BCUT2D eigenvalue weighted by Crippen LogP contribution is 2.18. The molecule has 2 N–H and O–H groups in total. The van der Waals surface area contributed by atoms with Crippen LogP contribution in [0.4, 0.5) is 5.69 Å². The van der Waals surface area contributed by atoms with E-state index in [-0.39, 0.29) is 24.8 Å². The van der Waals surface area contributed by atoms with Crippen LogP contribution in [0, 0.1) is 11.3 Å². The number of fused-ring (bicyclic) bond motifs is 1. The Labute approximate surface area is 157 Å². The van der Waals surface area contributed by atoms with Gasteiger partial charge in [-0.2, -0.15) is 5.26 Å². The molecule has 3 aromatic carbocycles. The van der Waals surface area contributed by atoms with Gasteiger partial charge in [-0.05, 0) is 34.0 Å². The first-order chi connectivity index (χ1) is 13.2. The molecule has 3 rings (SSSR count). The quantitative estimate of drug-likeness (QED) is 0.711. The fraction of sp³-hybridized carbons (Fsp3) is 0.136. The van der Waals surface area contributed by atoms with Crippen LogP contribution >= 0.6 is 0 Å². The van der Waals surface area contributed by atoms with Crippen molar-refractivity contribution in [2.75, 3.05) is 11.9 Å². The fourth-order valence-electron chi connectivity index (χ4n) is 2.86. The van der Waals surface area contributed by atoms with Crippen molar-refractivity contribution >= 4 is 28.3 Å². The summed E-state index contributed by atoms with van der Waals surface area (Å²) in [5, 5.41) is 16.2. The molecule has 0 aliphatic rings. The Morgan fingerprint density at radius 1 is 0.889 bits per heavy atom. The highest BCUT2D eigenvalue weighted by molar-refractivity contribution is 5.95. The molecule has 0 aromatic heterocycles. The maximum Gasteiger partial charge on any atom is 0.243 e. The van der Waals surface area contributed by atoms with E-state index in [4.69, 9.17) is 5.26 Å². The number of benzene rings is 3. The minimum Gasteiger partial charge on any atom is -0.347 e. The number of anilines is 1. The third kappa shape index (κ3) is 4.93. The van der Waals surface area contributed by atoms with Crippen molar-refractivity contribution < 1.29 is 9.59 Å². The molecule has 0 heterocycles. The molecule has 0 aliphatic heterocycles. The average molecular weight is 357 g/mol. The van der Waals surface area contributed by atoms with E-state index in [1.165, 1.54) is 0 Å². The summed E-state index contributed by atoms with van der Waals surface area (Å²) in [6.07, 6.45) is 0.552. The molecule has 0 saturated carbocycles. The van der Waals surface area contributed by atoms with Gasteiger partial charge in [0.1, 0.15) is 0 Å². The van der Waals surface area contributed by atoms with Gasteiger partial charge in [0.2, 0.25) is 11.8 Å². The van der Waals surface area contributed by atoms with E-state index >= 15 is 0 Å². The molecule has 0 bridgehead atoms. The van der Waals surface area contributed by atoms with Crippen molar-refractivity contribution in [1.29, 1.82) is 5.26 Å². The summed E-state index contributed by atoms with van der Waals surface area (Å²) in [5.74, 6) is -0.500. The van der Waals surface area contributed by atoms with Crippen molar-refractivity contribution in [3.63, 3.8) is 0 Å². The fourth-order valence-corrected chi connectivity index (χ4v) is 2.86. The third-order valence-corrected chi connectivity index (χ3v) is 4.20. The summed E-state index contributed by atoms with van der Waals surface area (Å²) in [5.41, 5.74) is 2.45. The summed E-state index contributed by atoms with van der Waals surface area (Å²) in [6.45, 7) is -0.0937. The molecular weight excluding hydrogens is 338 g/mol. The first-order valence-electron chi connectivity index (χ1n) is 8.65. The van der Waals surface area contributed by atoms with E-state index in [9.17, 15) is 9.59 Å². The topological polar surface area (TPSA) is 82.0 Å². The lowest BCUT2D eigenvalue weighted by atomic mass is 10.0. The lowest BCUT2D eigenvalue weighted by Crippen LogP contribution is -2.33. The average Bonchev–Trinajstić information content (AvgIpc) is 2.68. The van der Waals surface area contributed by atoms with Gasteiger partial charge >= 0.3 is 0 Å². The number of nitrogens with zero attached hydrogens (tertiary/aromatic N) is 1. The molecule has 0 aliphatic carbocycles. The zero-order valence-electron chi connectivity index (χ0n) is 14.7. The van der Waals surface area contributed by atoms with Crippen LogP contribution in [-0.4, -0.2) is 18.4 Å². The Balaban J connectivity index is 1.52. The second-order valence-electron chi connectivity index (χ2n) is 6.17. The van der Waals surface area contributed by atoms with Crippen molar-refractivity contribution in [2.24, 2.45) is 0 Å². The largest absolute Gasteiger partial charge is 0.347 e. The zero-order valence-corrected chi connectivity index (χ0v) is 14.7. The second-order valence-corrected chi connectivity index (χ2v) is 6.17. The molecule has 5 nitrogen and oxygen atoms in total. The van der Waals surface area contributed by atoms with E-state index in [1.807, 2.05) is 42.5 Å². The maximum atomic E-state index is 12.2. The standard InChI is InChI=1S/C22H19N3O2/c23-13-12-16-8-10-19(11-9-16)25-22(27)15-24-21(26)14-18-6-3-5-17-4-1-2-7-20(17)18/h1-11H,12,14-15H2,(H,24,26)(H,25,27). The number of carbonyl (C=O) groups is 2. The van der Waals surface area contributed by atoms with Gasteiger partial charge in [-0.25, -0.2) is 0 Å². The predicted molar refractivity (Wildman–Crippen MR) is 105 cm³/mol. The normalized spacial score (nSPS) is 10.2. The van der Waals surface area contributed by atoms with Crippen molar-refractivity contribution in [1.82, 2.24) is 5.32 Å². The molecule has 0 atom stereocenters. The van der Waals surface area contributed by atoms with E-state index in [1.54, 1.807) is 24.3 Å². The Morgan fingerprint density at radius 3 is 2.41 bits per heavy atom. The Hall–Kier alpha value is -3.65. The van der Waals surface area contributed by atoms with Crippen LogP contribution < -0.4 is 10.6 Å². The zero-order chi connectivity index (χ0) is 19.1. The van der Waals surface area contributed by atoms with E-state index < -0.39 is 0 Å². The van der Waals surface area contributed by atoms with Gasteiger partial charge in [-0.1, -0.05) is 54.6 Å². The molecule has 0 fully saturated rings. The van der Waals surface area contributed by atoms with E-state index in [0.29, 0.717) is 12.1 Å². The molecule has 134 valence electrons. The van der Waals surface area contributed by atoms with Crippen LogP contribution in [0.2, 0.25) is 0 Å². The third-order valence-electron chi connectivity index (χ3n) is 4.20. The smallest absolute Gasteiger partial charge is 0.243 e. The van der Waals surface area contributed by atoms with Crippen molar-refractivity contribution in [2.45, 2.75) is 12.8 Å². The number of nitriles is 1. The highest BCUT2D eigenvalue weighted by atomic mass is 16.2. The van der Waals surface area contributed by atoms with Crippen molar-refractivity contribution in [3.8, 4) is 6.07 Å². The Kier molecular flexibility index (Phi) is 5.80. The summed E-state index contributed by atoms with van der Waals surface area (Å²) in [6, 6.07) is 22.9. The SMILES string of the molecule is N#CCc1ccc(NC(=O)CNC(=O)Cc2cccc3ccccc23)cc1. The van der Waals surface area contributed by atoms with Crippen LogP contribution in [-0.2, 0) is 22.4 Å². The lowest BCUT2D eigenvalue weighted by molar-refractivity contribution is -0.123. The monoisotopic (exact) mass is 357 g/mol. The number of rotatable bonds is 6. The summed E-state index contributed by atoms with van der Waals surface area (Å²) < 4.78 is 0. The molecule has 0 saturated heterocycles. The minimum atomic E-state index is -0.297. The van der Waals surface area contributed by atoms with Gasteiger partial charge < -0.3 is 10.6 Å². The summed E-state index contributed by atoms with van der Waals surface area (Å²) in [4.78, 5) is 24.2. The number of amides is 2. The van der Waals surface area contributed by atoms with Gasteiger partial charge in [0.15, 0.2) is 0 Å². The van der Waals surface area contributed by atoms with Crippen LogP contribution in [0.25, 0.3) is 10.8 Å². The minimum absolute atomic E-state index is 0.0937. The molecule has 3 aromatic rings. The maximum absolute atomic E-state index is 12.2. The molecule has 5 heteroatoms. The molecule has 0 unspecified atom stereocenters. The van der Waals surface area contributed by atoms with Gasteiger partial charge in [0.05, 0.1) is 25.5 Å². The Bertz CT molecular complexity index is 999. The molecule has 0 spiro atoms. The van der Waals surface area contributed by atoms with Gasteiger partial charge in [-0.15, -0.1) is 0 Å². The lowest BCUT2D eigenvalue weighted by Gasteiger charge is -2.09. The summed E-state index contributed by atoms with van der Waals surface area (Å²) in [7, 11) is 0. The molecule has 2 amide bonds. The highest BCUT2D eigenvalue weighted by Gasteiger charge is 2.09. The van der Waals surface area contributed by atoms with Crippen LogP contribution in [0.15, 0.2) is 66.7 Å². The van der Waals surface area contributed by atoms with E-state index in [2.05, 4.69) is 16.7 Å². The predicted octanol–water partition coefficient (Wildman–Crippen LogP) is 3.20. The Morgan fingerprint density at radius 2 is 1.63 bits per heavy atom. The number of nitrogens with one attached hydrogen (secondary N) is 2. The van der Waals surface area contributed by atoms with Crippen LogP contribution in [0.3, 0.4) is 0 Å². The molecular formula is C22H19N3O2. The first kappa shape index (κ1) is 18.2. The first-order valence-corrected chi connectivity index (χ1v) is 8.65. The van der Waals surface area contributed by atoms with Gasteiger partial charge in [-0.3, -0.25) is 9.59 Å². The van der Waals surface area contributed by atoms with Gasteiger partial charge in [0, 0.05) is 5.69 Å². The van der Waals surface area contributed by atoms with Crippen LogP contribution in [0.5, 0.6) is 0 Å². The number of hydrogen-bond donors (Lipinski definition) is 2. The molecule has 27 heavy (non-hydrogen) atoms. The number of hydrogen-bond acceptors (Lipinski definition) is 3. The second kappa shape index (κ2) is 8.63. The van der Waals surface area contributed by atoms with E-state index in [0.717, 1.165) is 21.9 Å².